The smallest absolute Gasteiger partial charge is 0.237 e. The molecular weight excluding hydrogens is 316 g/mol. The van der Waals surface area contributed by atoms with E-state index in [0.717, 1.165) is 0 Å². The van der Waals surface area contributed by atoms with Crippen LogP contribution in [0.25, 0.3) is 0 Å². The third-order valence-corrected chi connectivity index (χ3v) is 5.69. The number of nitrogens with zero attached hydrogens (tertiary/aromatic N) is 2. The molecule has 0 saturated heterocycles. The Bertz CT molecular complexity index is 422. The summed E-state index contributed by atoms with van der Waals surface area (Å²) in [5.74, 6) is 1.48. The van der Waals surface area contributed by atoms with Crippen molar-refractivity contribution in [2.75, 3.05) is 0 Å². The fourth-order valence-electron chi connectivity index (χ4n) is 3.96. The van der Waals surface area contributed by atoms with Crippen LogP contribution >= 0.6 is 0 Å². The first-order valence-electron chi connectivity index (χ1n) is 11.8. The lowest BCUT2D eigenvalue weighted by Gasteiger charge is -2.04. The topological polar surface area (TPSA) is 8.81 Å². The Labute approximate surface area is 164 Å². The lowest BCUT2D eigenvalue weighted by Crippen LogP contribution is -2.32. The molecule has 0 aliphatic carbocycles. The normalized spacial score (nSPS) is 11.3. The number of rotatable bonds is 18. The maximum Gasteiger partial charge on any atom is 0.256 e. The first kappa shape index (κ1) is 23.2. The van der Waals surface area contributed by atoms with Crippen LogP contribution in [0.3, 0.4) is 0 Å². The van der Waals surface area contributed by atoms with Crippen LogP contribution in [0.5, 0.6) is 0 Å². The minimum absolute atomic E-state index is 1.20. The molecule has 0 radical (unpaired) electrons. The van der Waals surface area contributed by atoms with Crippen LogP contribution in [0.1, 0.15) is 122 Å². The first-order chi connectivity index (χ1) is 12.8. The van der Waals surface area contributed by atoms with Gasteiger partial charge in [0.1, 0.15) is 12.4 Å². The van der Waals surface area contributed by atoms with Crippen LogP contribution < -0.4 is 4.57 Å². The van der Waals surface area contributed by atoms with Gasteiger partial charge < -0.3 is 0 Å². The van der Waals surface area contributed by atoms with Crippen molar-refractivity contribution in [1.82, 2.24) is 4.57 Å². The third kappa shape index (κ3) is 11.0. The predicted octanol–water partition coefficient (Wildman–Crippen LogP) is 7.14. The van der Waals surface area contributed by atoms with Crippen molar-refractivity contribution in [3.63, 3.8) is 0 Å². The molecule has 0 aliphatic rings. The molecule has 0 aromatic carbocycles. The maximum absolute atomic E-state index is 2.46. The quantitative estimate of drug-likeness (QED) is 0.194. The number of aryl methyl sites for hydroxylation is 2. The molecule has 0 unspecified atom stereocenters. The summed E-state index contributed by atoms with van der Waals surface area (Å²) < 4.78 is 4.75. The minimum atomic E-state index is 1.20. The van der Waals surface area contributed by atoms with E-state index in [1.54, 1.807) is 0 Å². The molecule has 0 saturated carbocycles. The van der Waals surface area contributed by atoms with Crippen LogP contribution in [0.15, 0.2) is 12.4 Å². The van der Waals surface area contributed by atoms with Crippen molar-refractivity contribution in [3.05, 3.63) is 18.2 Å². The maximum atomic E-state index is 2.46. The van der Waals surface area contributed by atoms with Crippen molar-refractivity contribution in [2.24, 2.45) is 7.05 Å². The third-order valence-electron chi connectivity index (χ3n) is 5.69. The summed E-state index contributed by atoms with van der Waals surface area (Å²) in [6.07, 6.45) is 28.5. The Balaban J connectivity index is 1.85. The highest BCUT2D eigenvalue weighted by atomic mass is 15.1. The molecule has 1 rings (SSSR count). The molecule has 152 valence electrons. The molecule has 1 aromatic rings. The largest absolute Gasteiger partial charge is 0.256 e. The number of imidazole rings is 1. The predicted molar refractivity (Wildman–Crippen MR) is 115 cm³/mol. The second-order valence-corrected chi connectivity index (χ2v) is 8.22. The lowest BCUT2D eigenvalue weighted by molar-refractivity contribution is -0.678. The Hall–Kier alpha value is -0.790. The van der Waals surface area contributed by atoms with Gasteiger partial charge in [0.15, 0.2) is 0 Å². The van der Waals surface area contributed by atoms with E-state index in [1.807, 2.05) is 0 Å². The molecule has 2 heteroatoms. The van der Waals surface area contributed by atoms with E-state index in [-0.39, 0.29) is 0 Å². The van der Waals surface area contributed by atoms with Gasteiger partial charge in [-0.2, -0.15) is 0 Å². The molecule has 1 aromatic heterocycles. The van der Waals surface area contributed by atoms with Crippen molar-refractivity contribution in [1.29, 1.82) is 0 Å². The minimum Gasteiger partial charge on any atom is -0.237 e. The molecule has 0 aliphatic heterocycles. The average Bonchev–Trinajstić information content (AvgIpc) is 2.99. The summed E-state index contributed by atoms with van der Waals surface area (Å²) in [6, 6.07) is 0. The number of aromatic nitrogens is 2. The molecule has 0 amide bonds. The Morgan fingerprint density at radius 3 is 1.58 bits per heavy atom. The van der Waals surface area contributed by atoms with Crippen molar-refractivity contribution in [3.8, 4) is 0 Å². The monoisotopic (exact) mass is 363 g/mol. The molecule has 26 heavy (non-hydrogen) atoms. The number of unbranched alkanes of at least 4 members (excludes halogenated alkanes) is 14. The highest BCUT2D eigenvalue weighted by molar-refractivity contribution is 4.83. The van der Waals surface area contributed by atoms with E-state index < -0.39 is 0 Å². The van der Waals surface area contributed by atoms with Crippen LogP contribution in [-0.2, 0) is 20.0 Å². The van der Waals surface area contributed by atoms with E-state index in [1.165, 1.54) is 122 Å². The van der Waals surface area contributed by atoms with Crippen molar-refractivity contribution in [2.45, 2.75) is 130 Å². The second kappa shape index (κ2) is 16.4. The van der Waals surface area contributed by atoms with Gasteiger partial charge in [-0.25, -0.2) is 9.13 Å². The Morgan fingerprint density at radius 1 is 0.654 bits per heavy atom. The average molecular weight is 364 g/mol. The fraction of sp³-hybridized carbons (Fsp3) is 0.875. The molecule has 0 fully saturated rings. The van der Waals surface area contributed by atoms with Gasteiger partial charge in [0.25, 0.3) is 5.82 Å². The molecule has 2 nitrogen and oxygen atoms in total. The summed E-state index contributed by atoms with van der Waals surface area (Å²) in [7, 11) is 2.17. The van der Waals surface area contributed by atoms with E-state index in [4.69, 9.17) is 0 Å². The van der Waals surface area contributed by atoms with Gasteiger partial charge >= 0.3 is 0 Å². The number of hydrogen-bond donors (Lipinski definition) is 0. The van der Waals surface area contributed by atoms with Crippen LogP contribution in [0.4, 0.5) is 0 Å². The molecule has 0 spiro atoms. The van der Waals surface area contributed by atoms with Gasteiger partial charge in [0.2, 0.25) is 0 Å². The summed E-state index contributed by atoms with van der Waals surface area (Å²) in [5.41, 5.74) is 0. The Morgan fingerprint density at radius 2 is 1.12 bits per heavy atom. The zero-order chi connectivity index (χ0) is 18.9. The molecule has 0 atom stereocenters. The van der Waals surface area contributed by atoms with Crippen molar-refractivity contribution >= 4 is 0 Å². The van der Waals surface area contributed by atoms with Gasteiger partial charge in [-0.15, -0.1) is 0 Å². The zero-order valence-electron chi connectivity index (χ0n) is 18.3. The molecule has 0 N–H and O–H groups in total. The van der Waals surface area contributed by atoms with Crippen LogP contribution in [-0.4, -0.2) is 4.57 Å². The highest BCUT2D eigenvalue weighted by Crippen LogP contribution is 2.13. The van der Waals surface area contributed by atoms with E-state index in [9.17, 15) is 0 Å². The SMILES string of the molecule is CCCCCCCCCCCCCCCCCn1cc[n+](C)c1CCC. The van der Waals surface area contributed by atoms with Gasteiger partial charge in [0, 0.05) is 6.42 Å². The van der Waals surface area contributed by atoms with Gasteiger partial charge in [-0.3, -0.25) is 0 Å². The lowest BCUT2D eigenvalue weighted by atomic mass is 10.0. The first-order valence-corrected chi connectivity index (χ1v) is 11.8. The molecule has 1 heterocycles. The zero-order valence-corrected chi connectivity index (χ0v) is 18.3. The van der Waals surface area contributed by atoms with Crippen LogP contribution in [0, 0.1) is 0 Å². The second-order valence-electron chi connectivity index (χ2n) is 8.22. The summed E-state index contributed by atoms with van der Waals surface area (Å²) in [6.45, 7) is 5.77. The van der Waals surface area contributed by atoms with E-state index in [2.05, 4.69) is 42.4 Å². The summed E-state index contributed by atoms with van der Waals surface area (Å²) in [5, 5.41) is 0. The van der Waals surface area contributed by atoms with E-state index in [0.29, 0.717) is 0 Å². The summed E-state index contributed by atoms with van der Waals surface area (Å²) in [4.78, 5) is 0. The fourth-order valence-corrected chi connectivity index (χ4v) is 3.96. The number of hydrogen-bond acceptors (Lipinski definition) is 0. The van der Waals surface area contributed by atoms with Crippen LogP contribution in [0.2, 0.25) is 0 Å². The van der Waals surface area contributed by atoms with Gasteiger partial charge in [-0.1, -0.05) is 97.3 Å². The van der Waals surface area contributed by atoms with Crippen molar-refractivity contribution < 1.29 is 4.57 Å². The standard InChI is InChI=1S/C24H47N2/c1-4-6-7-8-9-10-11-12-13-14-15-16-17-18-19-21-26-23-22-25(3)24(26)20-5-2/h22-23H,4-21H2,1-3H3/q+1. The highest BCUT2D eigenvalue weighted by Gasteiger charge is 2.12. The summed E-state index contributed by atoms with van der Waals surface area (Å²) >= 11 is 0. The molecular formula is C24H47N2+. The van der Waals surface area contributed by atoms with E-state index >= 15 is 0 Å². The Kier molecular flexibility index (Phi) is 14.7. The van der Waals surface area contributed by atoms with Gasteiger partial charge in [-0.05, 0) is 19.3 Å². The van der Waals surface area contributed by atoms with Gasteiger partial charge in [0.05, 0.1) is 13.6 Å². The molecule has 0 bridgehead atoms.